The minimum absolute atomic E-state index is 0.253. The largest absolute Gasteiger partial charge is 0.406 e. The minimum atomic E-state index is 0.253. The Morgan fingerprint density at radius 2 is 1.93 bits per heavy atom. The molecule has 4 N–H and O–H groups in total. The molecule has 0 fully saturated rings. The Kier molecular flexibility index (Phi) is 2.45. The lowest BCUT2D eigenvalue weighted by molar-refractivity contribution is 0.102. The van der Waals surface area contributed by atoms with Crippen LogP contribution in [0.5, 0.6) is 0 Å². The second-order valence-electron chi connectivity index (χ2n) is 3.11. The number of aromatic nitrogens is 2. The molecule has 5 heteroatoms. The summed E-state index contributed by atoms with van der Waals surface area (Å²) >= 11 is 0. The zero-order valence-corrected chi connectivity index (χ0v) is 8.13. The Morgan fingerprint density at radius 1 is 1.20 bits per heavy atom. The first-order valence-corrected chi connectivity index (χ1v) is 4.53. The van der Waals surface area contributed by atoms with Gasteiger partial charge in [-0.2, -0.15) is 9.71 Å². The van der Waals surface area contributed by atoms with E-state index in [1.807, 2.05) is 30.3 Å². The predicted molar refractivity (Wildman–Crippen MR) is 57.8 cm³/mol. The molecule has 0 bridgehead atoms. The van der Waals surface area contributed by atoms with E-state index in [0.29, 0.717) is 12.4 Å². The summed E-state index contributed by atoms with van der Waals surface area (Å²) in [6.07, 6.45) is 1.54. The first-order valence-electron chi connectivity index (χ1n) is 4.53. The van der Waals surface area contributed by atoms with Gasteiger partial charge in [0.15, 0.2) is 0 Å². The average Bonchev–Trinajstić information content (AvgIpc) is 2.56. The highest BCUT2D eigenvalue weighted by molar-refractivity contribution is 5.34. The first kappa shape index (κ1) is 9.39. The fourth-order valence-corrected chi connectivity index (χ4v) is 1.22. The molecule has 0 aliphatic carbocycles. The molecule has 15 heavy (non-hydrogen) atoms. The van der Waals surface area contributed by atoms with Crippen LogP contribution in [0.2, 0.25) is 0 Å². The molecule has 2 rings (SSSR count). The van der Waals surface area contributed by atoms with Crippen molar-refractivity contribution in [3.05, 3.63) is 42.1 Å². The number of imidazole rings is 1. The third kappa shape index (κ3) is 2.19. The SMILES string of the molecule is Nc1cn(OCc2ccccc2)c(N)n1. The summed E-state index contributed by atoms with van der Waals surface area (Å²) in [6.45, 7) is 0.431. The lowest BCUT2D eigenvalue weighted by Crippen LogP contribution is -2.12. The molecule has 0 aliphatic rings. The summed E-state index contributed by atoms with van der Waals surface area (Å²) < 4.78 is 1.36. The van der Waals surface area contributed by atoms with Gasteiger partial charge in [0.2, 0.25) is 5.95 Å². The van der Waals surface area contributed by atoms with Gasteiger partial charge in [-0.15, -0.1) is 0 Å². The third-order valence-electron chi connectivity index (χ3n) is 1.93. The average molecular weight is 204 g/mol. The third-order valence-corrected chi connectivity index (χ3v) is 1.93. The quantitative estimate of drug-likeness (QED) is 0.770. The molecule has 0 atom stereocenters. The van der Waals surface area contributed by atoms with Gasteiger partial charge < -0.3 is 16.3 Å². The predicted octanol–water partition coefficient (Wildman–Crippen LogP) is 0.676. The number of hydrogen-bond donors (Lipinski definition) is 2. The number of nitrogens with zero attached hydrogens (tertiary/aromatic N) is 2. The number of nitrogens with two attached hydrogens (primary N) is 2. The summed E-state index contributed by atoms with van der Waals surface area (Å²) in [6, 6.07) is 9.79. The highest BCUT2D eigenvalue weighted by Crippen LogP contribution is 2.05. The van der Waals surface area contributed by atoms with Crippen LogP contribution in [0.1, 0.15) is 5.56 Å². The van der Waals surface area contributed by atoms with Crippen LogP contribution in [-0.2, 0) is 6.61 Å². The molecule has 0 aliphatic heterocycles. The summed E-state index contributed by atoms with van der Waals surface area (Å²) in [5, 5.41) is 0. The molecular formula is C10H12N4O. The Morgan fingerprint density at radius 3 is 2.53 bits per heavy atom. The maximum Gasteiger partial charge on any atom is 0.236 e. The normalized spacial score (nSPS) is 10.1. The second kappa shape index (κ2) is 3.91. The molecule has 0 saturated heterocycles. The topological polar surface area (TPSA) is 79.1 Å². The molecule has 78 valence electrons. The fourth-order valence-electron chi connectivity index (χ4n) is 1.22. The Hall–Kier alpha value is -2.17. The van der Waals surface area contributed by atoms with E-state index in [1.54, 1.807) is 0 Å². The Balaban J connectivity index is 2.02. The molecular weight excluding hydrogens is 192 g/mol. The molecule has 2 aromatic rings. The van der Waals surface area contributed by atoms with Crippen LogP contribution >= 0.6 is 0 Å². The van der Waals surface area contributed by atoms with Gasteiger partial charge in [-0.25, -0.2) is 0 Å². The van der Waals surface area contributed by atoms with Crippen LogP contribution in [0.25, 0.3) is 0 Å². The van der Waals surface area contributed by atoms with Crippen LogP contribution in [0.3, 0.4) is 0 Å². The van der Waals surface area contributed by atoms with Crippen molar-refractivity contribution in [1.29, 1.82) is 0 Å². The number of rotatable bonds is 3. The molecule has 5 nitrogen and oxygen atoms in total. The van der Waals surface area contributed by atoms with E-state index in [0.717, 1.165) is 5.56 Å². The second-order valence-corrected chi connectivity index (χ2v) is 3.11. The molecule has 0 unspecified atom stereocenters. The van der Waals surface area contributed by atoms with Gasteiger partial charge in [0.1, 0.15) is 12.4 Å². The molecule has 1 heterocycles. The number of hydrogen-bond acceptors (Lipinski definition) is 4. The van der Waals surface area contributed by atoms with Crippen molar-refractivity contribution in [2.24, 2.45) is 0 Å². The zero-order chi connectivity index (χ0) is 10.7. The highest BCUT2D eigenvalue weighted by Gasteiger charge is 2.02. The summed E-state index contributed by atoms with van der Waals surface area (Å²) in [4.78, 5) is 9.21. The number of nitrogen functional groups attached to an aromatic ring is 2. The lowest BCUT2D eigenvalue weighted by Gasteiger charge is -2.06. The van der Waals surface area contributed by atoms with Crippen molar-refractivity contribution in [2.45, 2.75) is 6.61 Å². The van der Waals surface area contributed by atoms with E-state index in [4.69, 9.17) is 16.3 Å². The van der Waals surface area contributed by atoms with Crippen molar-refractivity contribution in [3.63, 3.8) is 0 Å². The fraction of sp³-hybridized carbons (Fsp3) is 0.100. The monoisotopic (exact) mass is 204 g/mol. The number of benzene rings is 1. The standard InChI is InChI=1S/C10H12N4O/c11-9-6-14(10(12)13-9)15-7-8-4-2-1-3-5-8/h1-6H,7,11H2,(H2,12,13). The van der Waals surface area contributed by atoms with E-state index in [2.05, 4.69) is 4.98 Å². The molecule has 0 spiro atoms. The van der Waals surface area contributed by atoms with Gasteiger partial charge >= 0.3 is 0 Å². The van der Waals surface area contributed by atoms with E-state index >= 15 is 0 Å². The molecule has 1 aromatic heterocycles. The van der Waals surface area contributed by atoms with Crippen molar-refractivity contribution < 1.29 is 4.84 Å². The summed E-state index contributed by atoms with van der Waals surface area (Å²) in [5.74, 6) is 0.601. The molecule has 1 aromatic carbocycles. The van der Waals surface area contributed by atoms with E-state index < -0.39 is 0 Å². The lowest BCUT2D eigenvalue weighted by atomic mass is 10.2. The van der Waals surface area contributed by atoms with Crippen LogP contribution < -0.4 is 16.3 Å². The van der Waals surface area contributed by atoms with Gasteiger partial charge in [0.25, 0.3) is 0 Å². The number of anilines is 2. The molecule has 0 radical (unpaired) electrons. The van der Waals surface area contributed by atoms with Crippen molar-refractivity contribution in [3.8, 4) is 0 Å². The van der Waals surface area contributed by atoms with Crippen LogP contribution in [0.15, 0.2) is 36.5 Å². The molecule has 0 amide bonds. The zero-order valence-electron chi connectivity index (χ0n) is 8.13. The van der Waals surface area contributed by atoms with Crippen molar-refractivity contribution >= 4 is 11.8 Å². The van der Waals surface area contributed by atoms with Gasteiger partial charge in [-0.3, -0.25) is 0 Å². The van der Waals surface area contributed by atoms with Gasteiger partial charge in [-0.05, 0) is 5.56 Å². The maximum atomic E-state index is 5.55. The first-order chi connectivity index (χ1) is 7.25. The summed E-state index contributed by atoms with van der Waals surface area (Å²) in [5.41, 5.74) is 12.1. The van der Waals surface area contributed by atoms with Crippen LogP contribution in [0, 0.1) is 0 Å². The van der Waals surface area contributed by atoms with E-state index in [1.165, 1.54) is 10.9 Å². The van der Waals surface area contributed by atoms with Gasteiger partial charge in [-0.1, -0.05) is 30.3 Å². The van der Waals surface area contributed by atoms with Crippen LogP contribution in [0.4, 0.5) is 11.8 Å². The highest BCUT2D eigenvalue weighted by atomic mass is 16.7. The van der Waals surface area contributed by atoms with E-state index in [9.17, 15) is 0 Å². The van der Waals surface area contributed by atoms with E-state index in [-0.39, 0.29) is 5.95 Å². The minimum Gasteiger partial charge on any atom is -0.406 e. The summed E-state index contributed by atoms with van der Waals surface area (Å²) in [7, 11) is 0. The smallest absolute Gasteiger partial charge is 0.236 e. The molecule has 0 saturated carbocycles. The van der Waals surface area contributed by atoms with Crippen LogP contribution in [-0.4, -0.2) is 9.71 Å². The Bertz CT molecular complexity index is 438. The maximum absolute atomic E-state index is 5.55. The van der Waals surface area contributed by atoms with Crippen molar-refractivity contribution in [2.75, 3.05) is 11.5 Å². The Labute approximate surface area is 87.2 Å². The van der Waals surface area contributed by atoms with Gasteiger partial charge in [0, 0.05) is 0 Å². The van der Waals surface area contributed by atoms with Crippen molar-refractivity contribution in [1.82, 2.24) is 9.71 Å². The van der Waals surface area contributed by atoms with Gasteiger partial charge in [0.05, 0.1) is 6.20 Å².